The van der Waals surface area contributed by atoms with Gasteiger partial charge in [0.15, 0.2) is 0 Å². The van der Waals surface area contributed by atoms with E-state index in [0.29, 0.717) is 11.0 Å². The average Bonchev–Trinajstić information content (AvgIpc) is 2.45. The van der Waals surface area contributed by atoms with Crippen LogP contribution in [-0.4, -0.2) is 34.5 Å². The molecule has 1 saturated heterocycles. The highest BCUT2D eigenvalue weighted by molar-refractivity contribution is 7.99. The first-order chi connectivity index (χ1) is 6.68. The lowest BCUT2D eigenvalue weighted by Gasteiger charge is -2.31. The van der Waals surface area contributed by atoms with Gasteiger partial charge in [0.2, 0.25) is 0 Å². The summed E-state index contributed by atoms with van der Waals surface area (Å²) in [5.74, 6) is 1.29. The zero-order valence-corrected chi connectivity index (χ0v) is 12.1. The number of rotatable bonds is 2. The third kappa shape index (κ3) is 4.78. The predicted octanol–water partition coefficient (Wildman–Crippen LogP) is 3.64. The maximum atomic E-state index is 2.62. The second-order valence-corrected chi connectivity index (χ2v) is 8.19. The van der Waals surface area contributed by atoms with Crippen LogP contribution in [0.4, 0.5) is 0 Å². The molecular weight excluding hydrogens is 202 g/mol. The van der Waals surface area contributed by atoms with Crippen molar-refractivity contribution in [2.75, 3.05) is 18.8 Å². The van der Waals surface area contributed by atoms with Crippen LogP contribution in [0.2, 0.25) is 0 Å². The van der Waals surface area contributed by atoms with E-state index in [4.69, 9.17) is 0 Å². The summed E-state index contributed by atoms with van der Waals surface area (Å²) < 4.78 is 0. The first-order valence-corrected chi connectivity index (χ1v) is 7.10. The first-order valence-electron chi connectivity index (χ1n) is 6.05. The summed E-state index contributed by atoms with van der Waals surface area (Å²) in [6, 6.07) is 0. The number of likely N-dealkylation sites (tertiary alicyclic amines) is 1. The zero-order valence-electron chi connectivity index (χ0n) is 11.3. The number of hydrogen-bond donors (Lipinski definition) is 0. The molecule has 0 radical (unpaired) electrons. The van der Waals surface area contributed by atoms with E-state index in [1.807, 2.05) is 0 Å². The molecule has 0 aliphatic carbocycles. The van der Waals surface area contributed by atoms with E-state index in [1.54, 1.807) is 0 Å². The number of hydrogen-bond acceptors (Lipinski definition) is 2. The molecule has 1 atom stereocenters. The Morgan fingerprint density at radius 1 is 1.13 bits per heavy atom. The Morgan fingerprint density at radius 2 is 1.73 bits per heavy atom. The molecule has 0 N–H and O–H groups in total. The van der Waals surface area contributed by atoms with Crippen molar-refractivity contribution in [3.8, 4) is 0 Å². The smallest absolute Gasteiger partial charge is 0.0187 e. The second kappa shape index (κ2) is 4.67. The maximum Gasteiger partial charge on any atom is 0.0187 e. The van der Waals surface area contributed by atoms with E-state index in [-0.39, 0.29) is 0 Å². The minimum absolute atomic E-state index is 0.358. The van der Waals surface area contributed by atoms with Crippen molar-refractivity contribution in [2.45, 2.75) is 58.8 Å². The molecule has 15 heavy (non-hydrogen) atoms. The van der Waals surface area contributed by atoms with Gasteiger partial charge in [0.1, 0.15) is 0 Å². The Balaban J connectivity index is 2.31. The van der Waals surface area contributed by atoms with Crippen LogP contribution >= 0.6 is 11.8 Å². The highest BCUT2D eigenvalue weighted by Crippen LogP contribution is 2.31. The van der Waals surface area contributed by atoms with Crippen molar-refractivity contribution < 1.29 is 0 Å². The Kier molecular flexibility index (Phi) is 4.16. The maximum absolute atomic E-state index is 2.62. The van der Waals surface area contributed by atoms with Crippen LogP contribution in [0.5, 0.6) is 0 Å². The monoisotopic (exact) mass is 229 g/mol. The van der Waals surface area contributed by atoms with E-state index < -0.39 is 0 Å². The predicted molar refractivity (Wildman–Crippen MR) is 71.6 cm³/mol. The Hall–Kier alpha value is 0.310. The van der Waals surface area contributed by atoms with Gasteiger partial charge >= 0.3 is 0 Å². The SMILES string of the molecule is CC(C)(C)CSC1CCN(C(C)(C)C)C1. The summed E-state index contributed by atoms with van der Waals surface area (Å²) >= 11 is 2.17. The normalized spacial score (nSPS) is 24.8. The van der Waals surface area contributed by atoms with Crippen molar-refractivity contribution >= 4 is 11.8 Å². The fraction of sp³-hybridized carbons (Fsp3) is 1.00. The highest BCUT2D eigenvalue weighted by atomic mass is 32.2. The molecule has 0 spiro atoms. The number of nitrogens with zero attached hydrogens (tertiary/aromatic N) is 1. The van der Waals surface area contributed by atoms with Crippen LogP contribution in [0.1, 0.15) is 48.0 Å². The van der Waals surface area contributed by atoms with Gasteiger partial charge in [-0.25, -0.2) is 0 Å². The molecule has 1 nitrogen and oxygen atoms in total. The molecule has 1 unspecified atom stereocenters. The van der Waals surface area contributed by atoms with Gasteiger partial charge in [-0.3, -0.25) is 4.90 Å². The summed E-state index contributed by atoms with van der Waals surface area (Å²) in [5.41, 5.74) is 0.830. The second-order valence-electron chi connectivity index (χ2n) is 6.90. The topological polar surface area (TPSA) is 3.24 Å². The standard InChI is InChI=1S/C13H27NS/c1-12(2,3)10-15-11-7-8-14(9-11)13(4,5)6/h11H,7-10H2,1-6H3. The fourth-order valence-corrected chi connectivity index (χ4v) is 3.13. The quantitative estimate of drug-likeness (QED) is 0.711. The van der Waals surface area contributed by atoms with Crippen molar-refractivity contribution in [3.05, 3.63) is 0 Å². The van der Waals surface area contributed by atoms with Gasteiger partial charge in [0.05, 0.1) is 0 Å². The van der Waals surface area contributed by atoms with E-state index in [2.05, 4.69) is 58.2 Å². The van der Waals surface area contributed by atoms with Crippen molar-refractivity contribution in [1.82, 2.24) is 4.90 Å². The third-order valence-corrected chi connectivity index (χ3v) is 4.73. The van der Waals surface area contributed by atoms with E-state index >= 15 is 0 Å². The molecule has 1 aliphatic heterocycles. The van der Waals surface area contributed by atoms with E-state index in [9.17, 15) is 0 Å². The van der Waals surface area contributed by atoms with Gasteiger partial charge in [-0.2, -0.15) is 11.8 Å². The fourth-order valence-electron chi connectivity index (χ4n) is 1.84. The molecule has 0 aromatic carbocycles. The lowest BCUT2D eigenvalue weighted by molar-refractivity contribution is 0.176. The van der Waals surface area contributed by atoms with Crippen LogP contribution in [0.3, 0.4) is 0 Å². The molecule has 0 bridgehead atoms. The van der Waals surface area contributed by atoms with Gasteiger partial charge in [0, 0.05) is 17.3 Å². The lowest BCUT2D eigenvalue weighted by Crippen LogP contribution is -2.39. The minimum Gasteiger partial charge on any atom is -0.297 e. The van der Waals surface area contributed by atoms with Gasteiger partial charge in [0.25, 0.3) is 0 Å². The lowest BCUT2D eigenvalue weighted by atomic mass is 10.0. The summed E-state index contributed by atoms with van der Waals surface area (Å²) in [4.78, 5) is 2.62. The summed E-state index contributed by atoms with van der Waals surface area (Å²) in [6.07, 6.45) is 1.37. The highest BCUT2D eigenvalue weighted by Gasteiger charge is 2.30. The Bertz CT molecular complexity index is 200. The largest absolute Gasteiger partial charge is 0.297 e. The van der Waals surface area contributed by atoms with Gasteiger partial charge < -0.3 is 0 Å². The third-order valence-electron chi connectivity index (χ3n) is 2.85. The molecule has 2 heteroatoms. The van der Waals surface area contributed by atoms with Gasteiger partial charge in [-0.05, 0) is 44.9 Å². The summed E-state index contributed by atoms with van der Waals surface area (Å²) in [6.45, 7) is 16.5. The van der Waals surface area contributed by atoms with Crippen molar-refractivity contribution in [3.63, 3.8) is 0 Å². The van der Waals surface area contributed by atoms with Crippen molar-refractivity contribution in [1.29, 1.82) is 0 Å². The molecule has 1 aliphatic rings. The Morgan fingerprint density at radius 3 is 2.13 bits per heavy atom. The van der Waals surface area contributed by atoms with Crippen molar-refractivity contribution in [2.24, 2.45) is 5.41 Å². The number of thioether (sulfide) groups is 1. The van der Waals surface area contributed by atoms with Crippen LogP contribution < -0.4 is 0 Å². The van der Waals surface area contributed by atoms with Gasteiger partial charge in [-0.15, -0.1) is 0 Å². The average molecular weight is 229 g/mol. The molecule has 90 valence electrons. The molecule has 0 aromatic heterocycles. The minimum atomic E-state index is 0.358. The first kappa shape index (κ1) is 13.4. The van der Waals surface area contributed by atoms with Crippen LogP contribution in [0, 0.1) is 5.41 Å². The molecule has 0 aromatic rings. The van der Waals surface area contributed by atoms with E-state index in [1.165, 1.54) is 25.3 Å². The summed E-state index contributed by atoms with van der Waals surface area (Å²) in [7, 11) is 0. The molecule has 1 fully saturated rings. The molecule has 1 rings (SSSR count). The Labute approximate surface area is 100.0 Å². The van der Waals surface area contributed by atoms with Crippen LogP contribution in [-0.2, 0) is 0 Å². The molecule has 1 heterocycles. The van der Waals surface area contributed by atoms with Gasteiger partial charge in [-0.1, -0.05) is 20.8 Å². The molecular formula is C13H27NS. The van der Waals surface area contributed by atoms with Crippen LogP contribution in [0.25, 0.3) is 0 Å². The van der Waals surface area contributed by atoms with E-state index in [0.717, 1.165) is 5.25 Å². The zero-order chi connectivity index (χ0) is 11.7. The summed E-state index contributed by atoms with van der Waals surface area (Å²) in [5, 5.41) is 0.864. The van der Waals surface area contributed by atoms with Crippen LogP contribution in [0.15, 0.2) is 0 Å². The molecule has 0 saturated carbocycles. The molecule has 0 amide bonds.